The van der Waals surface area contributed by atoms with E-state index in [4.69, 9.17) is 5.10 Å². The first-order valence-electron chi connectivity index (χ1n) is 9.71. The number of hydrogen-bond donors (Lipinski definition) is 1. The van der Waals surface area contributed by atoms with Gasteiger partial charge in [-0.1, -0.05) is 41.7 Å². The molecule has 0 aliphatic heterocycles. The Morgan fingerprint density at radius 3 is 2.77 bits per heavy atom. The SMILES string of the molecule is Cc1ccc2nc(NC(=O)/C=C/c3cn(-c4ccccc4)nc3-c3cccs3)sc2c1. The van der Waals surface area contributed by atoms with Crippen molar-refractivity contribution in [1.29, 1.82) is 0 Å². The van der Waals surface area contributed by atoms with Gasteiger partial charge in [0.15, 0.2) is 5.13 Å². The minimum absolute atomic E-state index is 0.222. The minimum Gasteiger partial charge on any atom is -0.298 e. The summed E-state index contributed by atoms with van der Waals surface area (Å²) in [7, 11) is 0. The molecule has 0 fully saturated rings. The number of aryl methyl sites for hydroxylation is 1. The molecule has 0 aliphatic rings. The molecular formula is C24H18N4OS2. The number of thiazole rings is 1. The Bertz CT molecular complexity index is 1380. The molecule has 3 aromatic heterocycles. The molecule has 0 radical (unpaired) electrons. The van der Waals surface area contributed by atoms with Crippen LogP contribution in [0.3, 0.4) is 0 Å². The van der Waals surface area contributed by atoms with E-state index in [2.05, 4.69) is 16.4 Å². The zero-order chi connectivity index (χ0) is 21.2. The normalized spacial score (nSPS) is 11.4. The highest BCUT2D eigenvalue weighted by Gasteiger charge is 2.12. The van der Waals surface area contributed by atoms with Crippen LogP contribution in [0.4, 0.5) is 5.13 Å². The molecule has 0 aliphatic carbocycles. The predicted molar refractivity (Wildman–Crippen MR) is 129 cm³/mol. The van der Waals surface area contributed by atoms with Crippen molar-refractivity contribution in [2.24, 2.45) is 0 Å². The van der Waals surface area contributed by atoms with Crippen LogP contribution >= 0.6 is 22.7 Å². The second kappa shape index (κ2) is 8.29. The molecule has 0 saturated carbocycles. The van der Waals surface area contributed by atoms with Crippen LogP contribution in [0.5, 0.6) is 0 Å². The average Bonchev–Trinajstić information content (AvgIpc) is 3.51. The first-order valence-corrected chi connectivity index (χ1v) is 11.4. The summed E-state index contributed by atoms with van der Waals surface area (Å²) in [4.78, 5) is 18.1. The van der Waals surface area contributed by atoms with Crippen LogP contribution in [0.15, 0.2) is 78.3 Å². The molecule has 0 atom stereocenters. The number of thiophene rings is 1. The van der Waals surface area contributed by atoms with Gasteiger partial charge in [-0.05, 0) is 54.3 Å². The molecular weight excluding hydrogens is 424 g/mol. The molecule has 31 heavy (non-hydrogen) atoms. The lowest BCUT2D eigenvalue weighted by atomic mass is 10.2. The quantitative estimate of drug-likeness (QED) is 0.331. The van der Waals surface area contributed by atoms with E-state index in [1.54, 1.807) is 17.4 Å². The first kappa shape index (κ1) is 19.4. The van der Waals surface area contributed by atoms with E-state index in [1.165, 1.54) is 23.0 Å². The number of fused-ring (bicyclic) bond motifs is 1. The third-order valence-corrected chi connectivity index (χ3v) is 6.52. The van der Waals surface area contributed by atoms with Gasteiger partial charge >= 0.3 is 0 Å². The summed E-state index contributed by atoms with van der Waals surface area (Å²) in [6.07, 6.45) is 5.27. The van der Waals surface area contributed by atoms with Crippen LogP contribution in [0.1, 0.15) is 11.1 Å². The van der Waals surface area contributed by atoms with Gasteiger partial charge in [0, 0.05) is 17.8 Å². The third kappa shape index (κ3) is 4.19. The summed E-state index contributed by atoms with van der Waals surface area (Å²) in [6, 6.07) is 20.0. The highest BCUT2D eigenvalue weighted by Crippen LogP contribution is 2.29. The molecule has 0 unspecified atom stereocenters. The molecule has 5 nitrogen and oxygen atoms in total. The van der Waals surface area contributed by atoms with Gasteiger partial charge in [-0.15, -0.1) is 11.3 Å². The number of carbonyl (C=O) groups excluding carboxylic acids is 1. The largest absolute Gasteiger partial charge is 0.298 e. The molecule has 0 saturated heterocycles. The summed E-state index contributed by atoms with van der Waals surface area (Å²) < 4.78 is 2.89. The summed E-state index contributed by atoms with van der Waals surface area (Å²) in [5.41, 5.74) is 4.75. The van der Waals surface area contributed by atoms with Gasteiger partial charge in [-0.25, -0.2) is 9.67 Å². The number of nitrogens with one attached hydrogen (secondary N) is 1. The summed E-state index contributed by atoms with van der Waals surface area (Å²) >= 11 is 3.09. The Morgan fingerprint density at radius 2 is 1.97 bits per heavy atom. The Kier molecular flexibility index (Phi) is 5.19. The zero-order valence-corrected chi connectivity index (χ0v) is 18.3. The van der Waals surface area contributed by atoms with E-state index in [-0.39, 0.29) is 5.91 Å². The van der Waals surface area contributed by atoms with Gasteiger partial charge < -0.3 is 0 Å². The molecule has 152 valence electrons. The van der Waals surface area contributed by atoms with Gasteiger partial charge in [0.25, 0.3) is 0 Å². The van der Waals surface area contributed by atoms with Crippen LogP contribution in [0.2, 0.25) is 0 Å². The fraction of sp³-hybridized carbons (Fsp3) is 0.0417. The topological polar surface area (TPSA) is 59.8 Å². The monoisotopic (exact) mass is 442 g/mol. The number of benzene rings is 2. The number of carbonyl (C=O) groups is 1. The van der Waals surface area contributed by atoms with Gasteiger partial charge in [-0.2, -0.15) is 5.10 Å². The molecule has 1 amide bonds. The van der Waals surface area contributed by atoms with Crippen LogP contribution in [-0.4, -0.2) is 20.7 Å². The van der Waals surface area contributed by atoms with Crippen molar-refractivity contribution in [2.45, 2.75) is 6.92 Å². The second-order valence-electron chi connectivity index (χ2n) is 7.00. The lowest BCUT2D eigenvalue weighted by Crippen LogP contribution is -2.07. The van der Waals surface area contributed by atoms with Crippen LogP contribution in [0, 0.1) is 6.92 Å². The van der Waals surface area contributed by atoms with Crippen molar-refractivity contribution in [3.63, 3.8) is 0 Å². The Labute approximate surface area is 187 Å². The average molecular weight is 443 g/mol. The summed E-state index contributed by atoms with van der Waals surface area (Å²) in [5, 5.41) is 10.2. The second-order valence-corrected chi connectivity index (χ2v) is 8.98. The highest BCUT2D eigenvalue weighted by molar-refractivity contribution is 7.22. The van der Waals surface area contributed by atoms with Crippen molar-refractivity contribution in [2.75, 3.05) is 5.32 Å². The Balaban J connectivity index is 1.41. The molecule has 5 aromatic rings. The highest BCUT2D eigenvalue weighted by atomic mass is 32.1. The van der Waals surface area contributed by atoms with Crippen molar-refractivity contribution in [3.05, 3.63) is 89.4 Å². The van der Waals surface area contributed by atoms with E-state index in [1.807, 2.05) is 77.8 Å². The standard InChI is InChI=1S/C24H18N4OS2/c1-16-9-11-19-21(14-16)31-24(25-19)26-22(29)12-10-17-15-28(18-6-3-2-4-7-18)27-23(17)20-8-5-13-30-20/h2-15H,1H3,(H,25,26,29)/b12-10+. The van der Waals surface area contributed by atoms with Crippen molar-refractivity contribution < 1.29 is 4.79 Å². The van der Waals surface area contributed by atoms with Gasteiger partial charge in [0.1, 0.15) is 5.69 Å². The fourth-order valence-electron chi connectivity index (χ4n) is 3.22. The molecule has 0 bridgehead atoms. The van der Waals surface area contributed by atoms with E-state index in [0.29, 0.717) is 5.13 Å². The third-order valence-electron chi connectivity index (χ3n) is 4.71. The Morgan fingerprint density at radius 1 is 1.10 bits per heavy atom. The fourth-order valence-corrected chi connectivity index (χ4v) is 4.92. The molecule has 2 aromatic carbocycles. The number of anilines is 1. The number of nitrogens with zero attached hydrogens (tertiary/aromatic N) is 3. The van der Waals surface area contributed by atoms with Crippen molar-refractivity contribution >= 4 is 50.0 Å². The van der Waals surface area contributed by atoms with E-state index < -0.39 is 0 Å². The number of hydrogen-bond acceptors (Lipinski definition) is 5. The molecule has 3 heterocycles. The smallest absolute Gasteiger partial charge is 0.250 e. The molecule has 5 rings (SSSR count). The number of amides is 1. The van der Waals surface area contributed by atoms with Crippen LogP contribution in [-0.2, 0) is 4.79 Å². The van der Waals surface area contributed by atoms with Gasteiger partial charge in [-0.3, -0.25) is 10.1 Å². The van der Waals surface area contributed by atoms with Gasteiger partial charge in [0.2, 0.25) is 5.91 Å². The van der Waals surface area contributed by atoms with E-state index in [0.717, 1.165) is 32.0 Å². The maximum absolute atomic E-state index is 12.5. The molecule has 7 heteroatoms. The Hall–Kier alpha value is -3.55. The minimum atomic E-state index is -0.222. The maximum Gasteiger partial charge on any atom is 0.250 e. The van der Waals surface area contributed by atoms with Crippen LogP contribution in [0.25, 0.3) is 32.6 Å². The van der Waals surface area contributed by atoms with Gasteiger partial charge in [0.05, 0.1) is 20.8 Å². The van der Waals surface area contributed by atoms with E-state index in [9.17, 15) is 4.79 Å². The van der Waals surface area contributed by atoms with Crippen molar-refractivity contribution in [1.82, 2.24) is 14.8 Å². The first-order chi connectivity index (χ1) is 15.2. The maximum atomic E-state index is 12.5. The lowest BCUT2D eigenvalue weighted by molar-refractivity contribution is -0.111. The predicted octanol–water partition coefficient (Wildman–Crippen LogP) is 6.17. The molecule has 0 spiro atoms. The van der Waals surface area contributed by atoms with Crippen molar-refractivity contribution in [3.8, 4) is 16.3 Å². The summed E-state index contributed by atoms with van der Waals surface area (Å²) in [6.45, 7) is 2.04. The number of rotatable bonds is 5. The molecule has 1 N–H and O–H groups in total. The van der Waals surface area contributed by atoms with Crippen LogP contribution < -0.4 is 5.32 Å². The zero-order valence-electron chi connectivity index (χ0n) is 16.6. The summed E-state index contributed by atoms with van der Waals surface area (Å²) in [5.74, 6) is -0.222. The van der Waals surface area contributed by atoms with E-state index >= 15 is 0 Å². The number of para-hydroxylation sites is 1. The lowest BCUT2D eigenvalue weighted by Gasteiger charge is -1.99. The number of aromatic nitrogens is 3.